The number of aromatic nitrogens is 3. The van der Waals surface area contributed by atoms with Gasteiger partial charge in [-0.2, -0.15) is 0 Å². The quantitative estimate of drug-likeness (QED) is 0.676. The second kappa shape index (κ2) is 8.10. The highest BCUT2D eigenvalue weighted by Crippen LogP contribution is 1.93. The number of rotatable bonds is 8. The molecule has 0 bridgehead atoms. The van der Waals surface area contributed by atoms with Crippen molar-refractivity contribution in [2.75, 3.05) is 33.4 Å². The van der Waals surface area contributed by atoms with Gasteiger partial charge in [-0.1, -0.05) is 5.21 Å². The molecule has 0 aliphatic heterocycles. The smallest absolute Gasteiger partial charge is 0.358 e. The first-order chi connectivity index (χ1) is 9.58. The van der Waals surface area contributed by atoms with E-state index in [1.165, 1.54) is 10.9 Å². The van der Waals surface area contributed by atoms with Gasteiger partial charge >= 0.3 is 12.0 Å². The zero-order valence-electron chi connectivity index (χ0n) is 11.6. The van der Waals surface area contributed by atoms with Crippen molar-refractivity contribution >= 4 is 12.0 Å². The molecule has 0 spiro atoms. The maximum absolute atomic E-state index is 11.8. The number of carbonyl (C=O) groups excluding carboxylic acids is 1. The van der Waals surface area contributed by atoms with Crippen LogP contribution in [0.3, 0.4) is 0 Å². The fourth-order valence-corrected chi connectivity index (χ4v) is 1.50. The van der Waals surface area contributed by atoms with E-state index in [0.29, 0.717) is 32.8 Å². The number of ether oxygens (including phenoxy) is 1. The Balaban J connectivity index is 2.34. The van der Waals surface area contributed by atoms with Crippen molar-refractivity contribution < 1.29 is 19.4 Å². The van der Waals surface area contributed by atoms with Crippen LogP contribution in [0.25, 0.3) is 0 Å². The van der Waals surface area contributed by atoms with Gasteiger partial charge in [0.1, 0.15) is 0 Å². The summed E-state index contributed by atoms with van der Waals surface area (Å²) in [6.07, 6.45) is 1.32. The Morgan fingerprint density at radius 2 is 2.30 bits per heavy atom. The van der Waals surface area contributed by atoms with Crippen molar-refractivity contribution in [2.24, 2.45) is 0 Å². The molecule has 20 heavy (non-hydrogen) atoms. The van der Waals surface area contributed by atoms with Crippen molar-refractivity contribution in [3.63, 3.8) is 0 Å². The van der Waals surface area contributed by atoms with E-state index in [1.54, 1.807) is 12.0 Å². The third kappa shape index (κ3) is 4.84. The lowest BCUT2D eigenvalue weighted by atomic mass is 10.5. The highest BCUT2D eigenvalue weighted by Gasteiger charge is 2.11. The second-order valence-corrected chi connectivity index (χ2v) is 3.98. The maximum atomic E-state index is 11.8. The average molecular weight is 285 g/mol. The number of likely N-dealkylation sites (N-methyl/N-ethyl adjacent to an activating group) is 1. The van der Waals surface area contributed by atoms with E-state index >= 15 is 0 Å². The Bertz CT molecular complexity index is 448. The summed E-state index contributed by atoms with van der Waals surface area (Å²) in [5.74, 6) is -1.13. The Hall–Kier alpha value is -2.16. The molecule has 112 valence electrons. The van der Waals surface area contributed by atoms with E-state index < -0.39 is 5.97 Å². The Morgan fingerprint density at radius 3 is 2.85 bits per heavy atom. The van der Waals surface area contributed by atoms with E-state index in [0.717, 1.165) is 0 Å². The summed E-state index contributed by atoms with van der Waals surface area (Å²) in [5.41, 5.74) is -0.119. The van der Waals surface area contributed by atoms with E-state index in [4.69, 9.17) is 9.84 Å². The van der Waals surface area contributed by atoms with Gasteiger partial charge in [0.2, 0.25) is 0 Å². The molecule has 2 N–H and O–H groups in total. The molecule has 0 unspecified atom stereocenters. The molecule has 0 aliphatic carbocycles. The molecule has 1 rings (SSSR count). The minimum absolute atomic E-state index is 0.119. The van der Waals surface area contributed by atoms with Crippen LogP contribution in [0.2, 0.25) is 0 Å². The highest BCUT2D eigenvalue weighted by atomic mass is 16.5. The summed E-state index contributed by atoms with van der Waals surface area (Å²) in [4.78, 5) is 24.0. The number of hydrogen-bond acceptors (Lipinski definition) is 5. The third-order valence-electron chi connectivity index (χ3n) is 2.61. The van der Waals surface area contributed by atoms with E-state index in [2.05, 4.69) is 15.6 Å². The van der Waals surface area contributed by atoms with Gasteiger partial charge in [-0.25, -0.2) is 14.3 Å². The minimum atomic E-state index is -1.13. The zero-order chi connectivity index (χ0) is 15.0. The maximum Gasteiger partial charge on any atom is 0.358 e. The van der Waals surface area contributed by atoms with Gasteiger partial charge in [0.05, 0.1) is 19.3 Å². The Labute approximate surface area is 116 Å². The molecule has 9 nitrogen and oxygen atoms in total. The number of nitrogens with zero attached hydrogens (tertiary/aromatic N) is 4. The topological polar surface area (TPSA) is 110 Å². The van der Waals surface area contributed by atoms with Crippen molar-refractivity contribution in [3.8, 4) is 0 Å². The number of amides is 2. The SMILES string of the molecule is CCN(CCOC)C(=O)NCCn1cc(C(=O)O)nn1. The summed E-state index contributed by atoms with van der Waals surface area (Å²) in [5, 5.41) is 18.5. The molecule has 1 aromatic heterocycles. The summed E-state index contributed by atoms with van der Waals surface area (Å²) in [7, 11) is 1.58. The predicted octanol–water partition coefficient (Wildman–Crippen LogP) is -0.346. The molecule has 0 atom stereocenters. The third-order valence-corrected chi connectivity index (χ3v) is 2.61. The van der Waals surface area contributed by atoms with Crippen LogP contribution in [-0.4, -0.2) is 70.4 Å². The van der Waals surface area contributed by atoms with Gasteiger partial charge in [-0.3, -0.25) is 0 Å². The molecular formula is C11H19N5O4. The molecule has 0 saturated heterocycles. The first kappa shape index (κ1) is 15.9. The van der Waals surface area contributed by atoms with Gasteiger partial charge in [0, 0.05) is 26.7 Å². The number of nitrogens with one attached hydrogen (secondary N) is 1. The van der Waals surface area contributed by atoms with Gasteiger partial charge in [-0.05, 0) is 6.92 Å². The van der Waals surface area contributed by atoms with Crippen molar-refractivity contribution in [1.29, 1.82) is 0 Å². The summed E-state index contributed by atoms with van der Waals surface area (Å²) >= 11 is 0. The number of urea groups is 1. The van der Waals surface area contributed by atoms with Crippen LogP contribution in [0.15, 0.2) is 6.20 Å². The normalized spacial score (nSPS) is 10.3. The lowest BCUT2D eigenvalue weighted by Gasteiger charge is -2.20. The lowest BCUT2D eigenvalue weighted by molar-refractivity contribution is 0.0690. The fraction of sp³-hybridized carbons (Fsp3) is 0.636. The first-order valence-corrected chi connectivity index (χ1v) is 6.23. The molecule has 0 aliphatic rings. The molecule has 0 aromatic carbocycles. The van der Waals surface area contributed by atoms with Crippen molar-refractivity contribution in [2.45, 2.75) is 13.5 Å². The zero-order valence-corrected chi connectivity index (χ0v) is 11.6. The first-order valence-electron chi connectivity index (χ1n) is 6.23. The van der Waals surface area contributed by atoms with Crippen molar-refractivity contribution in [3.05, 3.63) is 11.9 Å². The number of carbonyl (C=O) groups is 2. The van der Waals surface area contributed by atoms with Crippen LogP contribution in [0.1, 0.15) is 17.4 Å². The molecule has 0 fully saturated rings. The molecule has 0 radical (unpaired) electrons. The summed E-state index contributed by atoms with van der Waals surface area (Å²) in [6, 6.07) is -0.192. The molecule has 1 aromatic rings. The molecule has 2 amide bonds. The molecular weight excluding hydrogens is 266 g/mol. The molecule has 1 heterocycles. The number of carboxylic acids is 1. The average Bonchev–Trinajstić information content (AvgIpc) is 2.88. The molecule has 0 saturated carbocycles. The van der Waals surface area contributed by atoms with E-state index in [9.17, 15) is 9.59 Å². The number of hydrogen-bond donors (Lipinski definition) is 2. The largest absolute Gasteiger partial charge is 0.476 e. The Kier molecular flexibility index (Phi) is 6.44. The number of aromatic carboxylic acids is 1. The van der Waals surface area contributed by atoms with Crippen LogP contribution in [0.4, 0.5) is 4.79 Å². The van der Waals surface area contributed by atoms with Gasteiger partial charge in [0.25, 0.3) is 0 Å². The summed E-state index contributed by atoms with van der Waals surface area (Å²) in [6.45, 7) is 4.16. The van der Waals surface area contributed by atoms with Gasteiger partial charge in [0.15, 0.2) is 5.69 Å². The fourth-order valence-electron chi connectivity index (χ4n) is 1.50. The highest BCUT2D eigenvalue weighted by molar-refractivity contribution is 5.84. The number of carboxylic acid groups (broad SMARTS) is 1. The lowest BCUT2D eigenvalue weighted by Crippen LogP contribution is -2.42. The van der Waals surface area contributed by atoms with Gasteiger partial charge in [-0.15, -0.1) is 5.10 Å². The monoisotopic (exact) mass is 285 g/mol. The standard InChI is InChI=1S/C11H19N5O4/c1-3-15(6-7-20-2)11(19)12-4-5-16-8-9(10(17)18)13-14-16/h8H,3-7H2,1-2H3,(H,12,19)(H,17,18). The number of methoxy groups -OCH3 is 1. The Morgan fingerprint density at radius 1 is 1.55 bits per heavy atom. The predicted molar refractivity (Wildman–Crippen MR) is 69.5 cm³/mol. The van der Waals surface area contributed by atoms with E-state index in [1.807, 2.05) is 6.92 Å². The van der Waals surface area contributed by atoms with Crippen LogP contribution in [0, 0.1) is 0 Å². The summed E-state index contributed by atoms with van der Waals surface area (Å²) < 4.78 is 6.29. The van der Waals surface area contributed by atoms with Crippen LogP contribution >= 0.6 is 0 Å². The van der Waals surface area contributed by atoms with Crippen LogP contribution in [0.5, 0.6) is 0 Å². The second-order valence-electron chi connectivity index (χ2n) is 3.98. The molecule has 9 heteroatoms. The van der Waals surface area contributed by atoms with Crippen LogP contribution < -0.4 is 5.32 Å². The van der Waals surface area contributed by atoms with Crippen LogP contribution in [-0.2, 0) is 11.3 Å². The van der Waals surface area contributed by atoms with Gasteiger partial charge < -0.3 is 20.1 Å². The van der Waals surface area contributed by atoms with Crippen molar-refractivity contribution in [1.82, 2.24) is 25.2 Å². The minimum Gasteiger partial charge on any atom is -0.476 e. The van der Waals surface area contributed by atoms with E-state index in [-0.39, 0.29) is 11.7 Å².